The number of halogens is 3. The molecule has 0 aromatic heterocycles. The fourth-order valence-electron chi connectivity index (χ4n) is 1.17. The molecule has 0 saturated heterocycles. The molecule has 86 valence electrons. The molecule has 2 aromatic carbocycles. The Morgan fingerprint density at radius 3 is 1.88 bits per heavy atom. The summed E-state index contributed by atoms with van der Waals surface area (Å²) in [7, 11) is 0. The summed E-state index contributed by atoms with van der Waals surface area (Å²) < 4.78 is 0. The van der Waals surface area contributed by atoms with Gasteiger partial charge in [-0.3, -0.25) is 0 Å². The Morgan fingerprint density at radius 1 is 0.647 bits per heavy atom. The highest BCUT2D eigenvalue weighted by Gasteiger charge is 1.98. The van der Waals surface area contributed by atoms with Crippen molar-refractivity contribution in [2.75, 3.05) is 0 Å². The molecule has 0 aliphatic carbocycles. The van der Waals surface area contributed by atoms with Crippen LogP contribution in [-0.2, 0) is 0 Å². The van der Waals surface area contributed by atoms with Crippen molar-refractivity contribution in [3.63, 3.8) is 0 Å². The smallest absolute Gasteiger partial charge is 0.0872 e. The lowest BCUT2D eigenvalue weighted by atomic mass is 10.3. The summed E-state index contributed by atoms with van der Waals surface area (Å²) in [6.07, 6.45) is 0. The average molecular weight is 286 g/mol. The molecule has 0 aliphatic heterocycles. The minimum atomic E-state index is 0.458. The molecule has 0 saturated carbocycles. The Balaban J connectivity index is 2.20. The first-order chi connectivity index (χ1) is 8.15. The monoisotopic (exact) mass is 284 g/mol. The van der Waals surface area contributed by atoms with Crippen molar-refractivity contribution in [2.45, 2.75) is 0 Å². The second kappa shape index (κ2) is 5.50. The third kappa shape index (κ3) is 3.43. The van der Waals surface area contributed by atoms with Crippen LogP contribution in [0.25, 0.3) is 0 Å². The lowest BCUT2D eigenvalue weighted by Gasteiger charge is -1.96. The summed E-state index contributed by atoms with van der Waals surface area (Å²) in [6, 6.07) is 12.2. The fraction of sp³-hybridized carbons (Fsp3) is 0. The summed E-state index contributed by atoms with van der Waals surface area (Å²) in [5.41, 5.74) is 1.37. The van der Waals surface area contributed by atoms with Crippen LogP contribution in [0.15, 0.2) is 52.7 Å². The second-order valence-electron chi connectivity index (χ2n) is 3.27. The van der Waals surface area contributed by atoms with Crippen molar-refractivity contribution in [1.29, 1.82) is 0 Å². The van der Waals surface area contributed by atoms with Crippen LogP contribution >= 0.6 is 34.8 Å². The minimum Gasteiger partial charge on any atom is -0.151 e. The molecule has 5 heteroatoms. The van der Waals surface area contributed by atoms with Crippen LogP contribution in [0, 0.1) is 0 Å². The fourth-order valence-corrected chi connectivity index (χ4v) is 1.59. The third-order valence-corrected chi connectivity index (χ3v) is 3.00. The maximum absolute atomic E-state index is 5.87. The van der Waals surface area contributed by atoms with E-state index in [1.807, 2.05) is 0 Å². The van der Waals surface area contributed by atoms with Crippen LogP contribution in [0.1, 0.15) is 0 Å². The zero-order valence-electron chi connectivity index (χ0n) is 8.57. The molecule has 0 heterocycles. The zero-order chi connectivity index (χ0) is 12.3. The Hall–Kier alpha value is -1.09. The van der Waals surface area contributed by atoms with E-state index in [4.69, 9.17) is 34.8 Å². The van der Waals surface area contributed by atoms with E-state index in [9.17, 15) is 0 Å². The van der Waals surface area contributed by atoms with Crippen LogP contribution in [-0.4, -0.2) is 0 Å². The van der Waals surface area contributed by atoms with E-state index < -0.39 is 0 Å². The average Bonchev–Trinajstić information content (AvgIpc) is 2.33. The molecule has 0 fully saturated rings. The number of nitrogens with zero attached hydrogens (tertiary/aromatic N) is 2. The largest absolute Gasteiger partial charge is 0.151 e. The summed E-state index contributed by atoms with van der Waals surface area (Å²) in [5, 5.41) is 9.72. The van der Waals surface area contributed by atoms with Gasteiger partial charge in [-0.1, -0.05) is 34.8 Å². The van der Waals surface area contributed by atoms with Crippen molar-refractivity contribution in [3.05, 3.63) is 57.5 Å². The van der Waals surface area contributed by atoms with Gasteiger partial charge in [0, 0.05) is 5.02 Å². The zero-order valence-corrected chi connectivity index (χ0v) is 10.8. The molecule has 0 atom stereocenters. The molecule has 2 rings (SSSR count). The Morgan fingerprint density at radius 2 is 1.24 bits per heavy atom. The minimum absolute atomic E-state index is 0.458. The highest BCUT2D eigenvalue weighted by Crippen LogP contribution is 2.27. The highest BCUT2D eigenvalue weighted by atomic mass is 35.5. The van der Waals surface area contributed by atoms with Crippen molar-refractivity contribution in [1.82, 2.24) is 0 Å². The lowest BCUT2D eigenvalue weighted by molar-refractivity contribution is 1.23. The van der Waals surface area contributed by atoms with E-state index >= 15 is 0 Å². The second-order valence-corrected chi connectivity index (χ2v) is 4.53. The van der Waals surface area contributed by atoms with Crippen molar-refractivity contribution in [2.24, 2.45) is 10.2 Å². The van der Waals surface area contributed by atoms with Gasteiger partial charge >= 0.3 is 0 Å². The molecule has 0 spiro atoms. The van der Waals surface area contributed by atoms with Gasteiger partial charge < -0.3 is 0 Å². The first-order valence-electron chi connectivity index (χ1n) is 4.77. The van der Waals surface area contributed by atoms with Crippen LogP contribution in [0.5, 0.6) is 0 Å². The van der Waals surface area contributed by atoms with E-state index in [-0.39, 0.29) is 0 Å². The number of hydrogen-bond donors (Lipinski definition) is 0. The Bertz CT molecular complexity index is 550. The molecule has 0 amide bonds. The highest BCUT2D eigenvalue weighted by molar-refractivity contribution is 6.42. The Labute approximate surface area is 114 Å². The SMILES string of the molecule is Clc1ccc(N=Nc2ccc(Cl)c(Cl)c2)cc1. The maximum atomic E-state index is 5.87. The summed E-state index contributed by atoms with van der Waals surface area (Å²) >= 11 is 17.4. The van der Waals surface area contributed by atoms with Gasteiger partial charge in [0.15, 0.2) is 0 Å². The molecule has 2 nitrogen and oxygen atoms in total. The maximum Gasteiger partial charge on any atom is 0.0872 e. The van der Waals surface area contributed by atoms with Gasteiger partial charge in [0.1, 0.15) is 0 Å². The molecule has 2 aromatic rings. The number of hydrogen-bond acceptors (Lipinski definition) is 2. The molecular formula is C12H7Cl3N2. The van der Waals surface area contributed by atoms with Crippen molar-refractivity contribution >= 4 is 46.2 Å². The van der Waals surface area contributed by atoms with Gasteiger partial charge in [-0.05, 0) is 42.5 Å². The summed E-state index contributed by atoms with van der Waals surface area (Å²) in [5.74, 6) is 0. The lowest BCUT2D eigenvalue weighted by Crippen LogP contribution is -1.68. The molecule has 0 unspecified atom stereocenters. The van der Waals surface area contributed by atoms with Gasteiger partial charge in [-0.2, -0.15) is 10.2 Å². The molecule has 17 heavy (non-hydrogen) atoms. The van der Waals surface area contributed by atoms with Gasteiger partial charge in [0.2, 0.25) is 0 Å². The van der Waals surface area contributed by atoms with Gasteiger partial charge in [0.25, 0.3) is 0 Å². The molecular weight excluding hydrogens is 279 g/mol. The number of azo groups is 1. The number of rotatable bonds is 2. The van der Waals surface area contributed by atoms with E-state index in [0.717, 1.165) is 5.69 Å². The first-order valence-corrected chi connectivity index (χ1v) is 5.91. The van der Waals surface area contributed by atoms with Crippen molar-refractivity contribution in [3.8, 4) is 0 Å². The van der Waals surface area contributed by atoms with Gasteiger partial charge in [-0.15, -0.1) is 0 Å². The summed E-state index contributed by atoms with van der Waals surface area (Å²) in [4.78, 5) is 0. The van der Waals surface area contributed by atoms with Crippen LogP contribution in [0.4, 0.5) is 11.4 Å². The van der Waals surface area contributed by atoms with E-state index in [2.05, 4.69) is 10.2 Å². The topological polar surface area (TPSA) is 24.7 Å². The molecule has 0 bridgehead atoms. The quantitative estimate of drug-likeness (QED) is 0.599. The van der Waals surface area contributed by atoms with E-state index in [0.29, 0.717) is 20.8 Å². The van der Waals surface area contributed by atoms with E-state index in [1.165, 1.54) is 0 Å². The Kier molecular flexibility index (Phi) is 4.00. The van der Waals surface area contributed by atoms with Gasteiger partial charge in [-0.25, -0.2) is 0 Å². The van der Waals surface area contributed by atoms with Crippen molar-refractivity contribution < 1.29 is 0 Å². The predicted octanol–water partition coefficient (Wildman–Crippen LogP) is 6.06. The van der Waals surface area contributed by atoms with Crippen LogP contribution < -0.4 is 0 Å². The van der Waals surface area contributed by atoms with Gasteiger partial charge in [0.05, 0.1) is 21.4 Å². The standard InChI is InChI=1S/C12H7Cl3N2/c13-8-1-3-9(4-2-8)16-17-10-5-6-11(14)12(15)7-10/h1-7H. The van der Waals surface area contributed by atoms with E-state index in [1.54, 1.807) is 42.5 Å². The molecule has 0 radical (unpaired) electrons. The molecule has 0 aliphatic rings. The summed E-state index contributed by atoms with van der Waals surface area (Å²) in [6.45, 7) is 0. The number of benzene rings is 2. The third-order valence-electron chi connectivity index (χ3n) is 2.01. The first kappa shape index (κ1) is 12.4. The predicted molar refractivity (Wildman–Crippen MR) is 72.1 cm³/mol. The normalized spacial score (nSPS) is 11.0. The van der Waals surface area contributed by atoms with Crippen LogP contribution in [0.3, 0.4) is 0 Å². The van der Waals surface area contributed by atoms with Crippen LogP contribution in [0.2, 0.25) is 15.1 Å². The molecule has 0 N–H and O–H groups in total.